The molecule has 0 radical (unpaired) electrons. The molecule has 1 aromatic carbocycles. The van der Waals surface area contributed by atoms with Crippen molar-refractivity contribution in [3.8, 4) is 11.5 Å². The summed E-state index contributed by atoms with van der Waals surface area (Å²) in [5.74, 6) is 3.22. The van der Waals surface area contributed by atoms with Gasteiger partial charge < -0.3 is 24.5 Å². The summed E-state index contributed by atoms with van der Waals surface area (Å²) in [6, 6.07) is 9.86. The SMILES string of the molecule is CCN(CC)C(CNC(=NC)NCc1ccc(OC)cc1OC)c1ccco1. The van der Waals surface area contributed by atoms with Gasteiger partial charge in [0, 0.05) is 31.8 Å². The maximum atomic E-state index is 5.66. The van der Waals surface area contributed by atoms with Crippen molar-refractivity contribution in [1.29, 1.82) is 0 Å². The second kappa shape index (κ2) is 11.2. The molecule has 0 saturated heterocycles. The van der Waals surface area contributed by atoms with E-state index in [2.05, 4.69) is 34.4 Å². The predicted octanol–water partition coefficient (Wildman–Crippen LogP) is 3.04. The summed E-state index contributed by atoms with van der Waals surface area (Å²) < 4.78 is 16.4. The second-order valence-corrected chi connectivity index (χ2v) is 6.24. The Morgan fingerprint density at radius 2 is 1.93 bits per heavy atom. The van der Waals surface area contributed by atoms with Gasteiger partial charge >= 0.3 is 0 Å². The molecule has 0 fully saturated rings. The first-order chi connectivity index (χ1) is 13.7. The summed E-state index contributed by atoms with van der Waals surface area (Å²) in [7, 11) is 5.06. The van der Waals surface area contributed by atoms with Crippen molar-refractivity contribution in [1.82, 2.24) is 15.5 Å². The third-order valence-electron chi connectivity index (χ3n) is 4.75. The van der Waals surface area contributed by atoms with Gasteiger partial charge in [-0.3, -0.25) is 9.89 Å². The molecular formula is C21H32N4O3. The largest absolute Gasteiger partial charge is 0.497 e. The highest BCUT2D eigenvalue weighted by atomic mass is 16.5. The summed E-state index contributed by atoms with van der Waals surface area (Å²) in [6.45, 7) is 7.47. The Bertz CT molecular complexity index is 727. The number of guanidine groups is 1. The zero-order valence-corrected chi connectivity index (χ0v) is 17.5. The minimum Gasteiger partial charge on any atom is -0.497 e. The topological polar surface area (TPSA) is 71.3 Å². The lowest BCUT2D eigenvalue weighted by molar-refractivity contribution is 0.193. The number of nitrogens with zero attached hydrogens (tertiary/aromatic N) is 2. The van der Waals surface area contributed by atoms with Crippen LogP contribution in [0.2, 0.25) is 0 Å². The second-order valence-electron chi connectivity index (χ2n) is 6.24. The van der Waals surface area contributed by atoms with Gasteiger partial charge in [0.15, 0.2) is 5.96 Å². The van der Waals surface area contributed by atoms with Crippen LogP contribution in [0.4, 0.5) is 0 Å². The van der Waals surface area contributed by atoms with E-state index in [1.165, 1.54) is 0 Å². The monoisotopic (exact) mass is 388 g/mol. The Labute approximate surface area is 167 Å². The molecule has 2 aromatic rings. The zero-order chi connectivity index (χ0) is 20.4. The van der Waals surface area contributed by atoms with Crippen molar-refractivity contribution in [2.75, 3.05) is 40.9 Å². The molecule has 7 heteroatoms. The third kappa shape index (κ3) is 5.66. The molecule has 0 bridgehead atoms. The van der Waals surface area contributed by atoms with Crippen molar-refractivity contribution >= 4 is 5.96 Å². The smallest absolute Gasteiger partial charge is 0.191 e. The molecule has 0 aliphatic carbocycles. The lowest BCUT2D eigenvalue weighted by Gasteiger charge is -2.28. The average Bonchev–Trinajstić information content (AvgIpc) is 3.27. The highest BCUT2D eigenvalue weighted by molar-refractivity contribution is 5.79. The number of rotatable bonds is 10. The van der Waals surface area contributed by atoms with Crippen LogP contribution in [-0.2, 0) is 6.54 Å². The lowest BCUT2D eigenvalue weighted by atomic mass is 10.2. The summed E-state index contributed by atoms with van der Waals surface area (Å²) in [6.07, 6.45) is 1.72. The van der Waals surface area contributed by atoms with Crippen molar-refractivity contribution in [3.05, 3.63) is 47.9 Å². The first kappa shape index (κ1) is 21.6. The van der Waals surface area contributed by atoms with Gasteiger partial charge in [0.25, 0.3) is 0 Å². The molecule has 0 aliphatic rings. The average molecular weight is 389 g/mol. The maximum Gasteiger partial charge on any atom is 0.191 e. The van der Waals surface area contributed by atoms with Crippen LogP contribution < -0.4 is 20.1 Å². The third-order valence-corrected chi connectivity index (χ3v) is 4.75. The van der Waals surface area contributed by atoms with Crippen LogP contribution in [0, 0.1) is 0 Å². The molecule has 1 unspecified atom stereocenters. The number of furan rings is 1. The molecule has 2 N–H and O–H groups in total. The summed E-state index contributed by atoms with van der Waals surface area (Å²) in [5.41, 5.74) is 1.03. The quantitative estimate of drug-likeness (QED) is 0.482. The molecule has 2 rings (SSSR count). The minimum absolute atomic E-state index is 0.138. The van der Waals surface area contributed by atoms with Gasteiger partial charge in [0.05, 0.1) is 26.5 Å². The number of ether oxygens (including phenoxy) is 2. The molecule has 0 amide bonds. The first-order valence-electron chi connectivity index (χ1n) is 9.59. The van der Waals surface area contributed by atoms with Crippen LogP contribution in [0.3, 0.4) is 0 Å². The van der Waals surface area contributed by atoms with E-state index in [9.17, 15) is 0 Å². The number of hydrogen-bond donors (Lipinski definition) is 2. The number of likely N-dealkylation sites (N-methyl/N-ethyl adjacent to an activating group) is 1. The van der Waals surface area contributed by atoms with Gasteiger partial charge in [-0.15, -0.1) is 0 Å². The van der Waals surface area contributed by atoms with E-state index < -0.39 is 0 Å². The summed E-state index contributed by atoms with van der Waals surface area (Å²) in [5, 5.41) is 6.75. The first-order valence-corrected chi connectivity index (χ1v) is 9.59. The van der Waals surface area contributed by atoms with Crippen molar-refractivity contribution < 1.29 is 13.9 Å². The van der Waals surface area contributed by atoms with E-state index >= 15 is 0 Å². The van der Waals surface area contributed by atoms with E-state index in [-0.39, 0.29) is 6.04 Å². The number of methoxy groups -OCH3 is 2. The normalized spacial score (nSPS) is 12.7. The Morgan fingerprint density at radius 3 is 2.50 bits per heavy atom. The molecule has 0 aliphatic heterocycles. The van der Waals surface area contributed by atoms with E-state index in [4.69, 9.17) is 13.9 Å². The van der Waals surface area contributed by atoms with Gasteiger partial charge in [0.1, 0.15) is 17.3 Å². The van der Waals surface area contributed by atoms with Crippen LogP contribution in [0.15, 0.2) is 46.0 Å². The lowest BCUT2D eigenvalue weighted by Crippen LogP contribution is -2.43. The molecule has 0 saturated carbocycles. The molecule has 0 spiro atoms. The fourth-order valence-electron chi connectivity index (χ4n) is 3.15. The fourth-order valence-corrected chi connectivity index (χ4v) is 3.15. The Balaban J connectivity index is 2.00. The maximum absolute atomic E-state index is 5.66. The van der Waals surface area contributed by atoms with Crippen LogP contribution in [0.5, 0.6) is 11.5 Å². The van der Waals surface area contributed by atoms with Crippen LogP contribution >= 0.6 is 0 Å². The Hall–Kier alpha value is -2.67. The van der Waals surface area contributed by atoms with Gasteiger partial charge in [-0.25, -0.2) is 0 Å². The highest BCUT2D eigenvalue weighted by Gasteiger charge is 2.20. The molecule has 1 aromatic heterocycles. The van der Waals surface area contributed by atoms with E-state index in [0.29, 0.717) is 13.1 Å². The molecule has 7 nitrogen and oxygen atoms in total. The predicted molar refractivity (Wildman–Crippen MR) is 112 cm³/mol. The number of nitrogens with one attached hydrogen (secondary N) is 2. The van der Waals surface area contributed by atoms with Gasteiger partial charge in [-0.2, -0.15) is 0 Å². The standard InChI is InChI=1S/C21H32N4O3/c1-6-25(7-2)18(19-9-8-12-28-19)15-24-21(22-3)23-14-16-10-11-17(26-4)13-20(16)27-5/h8-13,18H,6-7,14-15H2,1-5H3,(H2,22,23,24). The van der Waals surface area contributed by atoms with Crippen LogP contribution in [-0.4, -0.2) is 51.8 Å². The highest BCUT2D eigenvalue weighted by Crippen LogP contribution is 2.24. The van der Waals surface area contributed by atoms with E-state index in [1.807, 2.05) is 30.3 Å². The van der Waals surface area contributed by atoms with Crippen molar-refractivity contribution in [2.45, 2.75) is 26.4 Å². The van der Waals surface area contributed by atoms with Gasteiger partial charge in [-0.1, -0.05) is 13.8 Å². The molecular weight excluding hydrogens is 356 g/mol. The molecule has 154 valence electrons. The molecule has 28 heavy (non-hydrogen) atoms. The number of hydrogen-bond acceptors (Lipinski definition) is 5. The number of benzene rings is 1. The van der Waals surface area contributed by atoms with Crippen molar-refractivity contribution in [3.63, 3.8) is 0 Å². The zero-order valence-electron chi connectivity index (χ0n) is 17.5. The van der Waals surface area contributed by atoms with E-state index in [1.54, 1.807) is 27.5 Å². The summed E-state index contributed by atoms with van der Waals surface area (Å²) >= 11 is 0. The minimum atomic E-state index is 0.138. The number of aliphatic imine (C=N–C) groups is 1. The molecule has 1 atom stereocenters. The summed E-state index contributed by atoms with van der Waals surface area (Å²) in [4.78, 5) is 6.69. The Kier molecular flexibility index (Phi) is 8.68. The van der Waals surface area contributed by atoms with Crippen LogP contribution in [0.1, 0.15) is 31.2 Å². The molecule has 1 heterocycles. The van der Waals surface area contributed by atoms with Crippen LogP contribution in [0.25, 0.3) is 0 Å². The van der Waals surface area contributed by atoms with Gasteiger partial charge in [-0.05, 0) is 37.4 Å². The van der Waals surface area contributed by atoms with Crippen molar-refractivity contribution in [2.24, 2.45) is 4.99 Å². The van der Waals surface area contributed by atoms with E-state index in [0.717, 1.165) is 41.9 Å². The van der Waals surface area contributed by atoms with Gasteiger partial charge in [0.2, 0.25) is 0 Å². The fraction of sp³-hybridized carbons (Fsp3) is 0.476. The Morgan fingerprint density at radius 1 is 1.14 bits per heavy atom.